The van der Waals surface area contributed by atoms with Crippen molar-refractivity contribution in [2.75, 3.05) is 20.3 Å². The predicted octanol–water partition coefficient (Wildman–Crippen LogP) is 4.06. The number of halogens is 3. The molecule has 0 N–H and O–H groups in total. The molecule has 0 radical (unpaired) electrons. The first kappa shape index (κ1) is 19.1. The van der Waals surface area contributed by atoms with E-state index in [2.05, 4.69) is 10.1 Å². The molecule has 140 valence electrons. The summed E-state index contributed by atoms with van der Waals surface area (Å²) in [4.78, 5) is 4.89. The van der Waals surface area contributed by atoms with E-state index in [1.54, 1.807) is 30.7 Å². The van der Waals surface area contributed by atoms with Crippen LogP contribution < -0.4 is 4.80 Å². The highest BCUT2D eigenvalue weighted by atomic mass is 32.1. The monoisotopic (exact) mass is 391 g/mol. The molecule has 0 amide bonds. The van der Waals surface area contributed by atoms with Crippen LogP contribution in [-0.4, -0.2) is 31.2 Å². The molecule has 0 atom stereocenters. The Labute approximate surface area is 157 Å². The van der Waals surface area contributed by atoms with Gasteiger partial charge in [0.1, 0.15) is 17.5 Å². The Bertz CT molecular complexity index is 1030. The van der Waals surface area contributed by atoms with Gasteiger partial charge in [-0.1, -0.05) is 12.1 Å². The number of rotatable bonds is 6. The van der Waals surface area contributed by atoms with E-state index >= 15 is 0 Å². The van der Waals surface area contributed by atoms with Crippen LogP contribution in [0.1, 0.15) is 5.56 Å². The first-order chi connectivity index (χ1) is 13.1. The van der Waals surface area contributed by atoms with E-state index in [-0.39, 0.29) is 5.56 Å². The lowest BCUT2D eigenvalue weighted by Gasteiger charge is -2.05. The molecule has 0 saturated carbocycles. The quantitative estimate of drug-likeness (QED) is 0.461. The van der Waals surface area contributed by atoms with Crippen LogP contribution in [0.25, 0.3) is 11.3 Å². The molecular weight excluding hydrogens is 375 g/mol. The Balaban J connectivity index is 2.07. The van der Waals surface area contributed by atoms with Gasteiger partial charge in [-0.25, -0.2) is 17.8 Å². The van der Waals surface area contributed by atoms with Crippen LogP contribution in [0.4, 0.5) is 13.2 Å². The minimum Gasteiger partial charge on any atom is -0.383 e. The predicted molar refractivity (Wildman–Crippen MR) is 99.4 cm³/mol. The standard InChI is InChI=1S/C19H16F3N3OS/c1-26-9-8-23-19-25(24-11-13-6-7-14(20)10-17(13)22)18(12-27-19)15-4-2-3-5-16(15)21/h2-7,10-12H,8-9H2,1H3/b23-19?,24-11-. The van der Waals surface area contributed by atoms with Crippen molar-refractivity contribution in [1.29, 1.82) is 0 Å². The summed E-state index contributed by atoms with van der Waals surface area (Å²) in [5, 5.41) is 5.99. The van der Waals surface area contributed by atoms with Gasteiger partial charge in [-0.15, -0.1) is 11.3 Å². The molecule has 2 aromatic carbocycles. The topological polar surface area (TPSA) is 38.9 Å². The third-order valence-corrected chi connectivity index (χ3v) is 4.51. The van der Waals surface area contributed by atoms with Gasteiger partial charge < -0.3 is 4.74 Å². The number of aromatic nitrogens is 1. The highest BCUT2D eigenvalue weighted by Gasteiger charge is 2.11. The molecule has 1 heterocycles. The highest BCUT2D eigenvalue weighted by molar-refractivity contribution is 7.07. The third kappa shape index (κ3) is 4.53. The van der Waals surface area contributed by atoms with Gasteiger partial charge >= 0.3 is 0 Å². The van der Waals surface area contributed by atoms with Gasteiger partial charge in [0.15, 0.2) is 0 Å². The van der Waals surface area contributed by atoms with Crippen LogP contribution in [0.2, 0.25) is 0 Å². The number of methoxy groups -OCH3 is 1. The zero-order chi connectivity index (χ0) is 19.2. The van der Waals surface area contributed by atoms with Crippen LogP contribution in [0, 0.1) is 17.5 Å². The second kappa shape index (κ2) is 8.79. The Morgan fingerprint density at radius 2 is 1.93 bits per heavy atom. The number of hydrogen-bond acceptors (Lipinski definition) is 4. The van der Waals surface area contributed by atoms with Gasteiger partial charge in [0.25, 0.3) is 0 Å². The Morgan fingerprint density at radius 3 is 2.67 bits per heavy atom. The molecule has 0 saturated heterocycles. The maximum absolute atomic E-state index is 14.2. The smallest absolute Gasteiger partial charge is 0.206 e. The molecule has 8 heteroatoms. The first-order valence-electron chi connectivity index (χ1n) is 8.04. The molecule has 27 heavy (non-hydrogen) atoms. The van der Waals surface area contributed by atoms with Crippen molar-refractivity contribution in [2.45, 2.75) is 0 Å². The van der Waals surface area contributed by atoms with Crippen LogP contribution in [0.15, 0.2) is 57.9 Å². The lowest BCUT2D eigenvalue weighted by molar-refractivity contribution is 0.207. The molecule has 4 nitrogen and oxygen atoms in total. The summed E-state index contributed by atoms with van der Waals surface area (Å²) in [7, 11) is 1.57. The zero-order valence-corrected chi connectivity index (χ0v) is 15.2. The zero-order valence-electron chi connectivity index (χ0n) is 14.4. The van der Waals surface area contributed by atoms with Gasteiger partial charge in [-0.3, -0.25) is 4.99 Å². The molecule has 0 aliphatic rings. The van der Waals surface area contributed by atoms with Crippen LogP contribution in [-0.2, 0) is 4.74 Å². The molecule has 0 unspecified atom stereocenters. The summed E-state index contributed by atoms with van der Waals surface area (Å²) in [5.41, 5.74) is 0.934. The van der Waals surface area contributed by atoms with Crippen molar-refractivity contribution in [2.24, 2.45) is 10.1 Å². The molecule has 0 spiro atoms. The molecule has 0 aliphatic heterocycles. The minimum atomic E-state index is -0.736. The summed E-state index contributed by atoms with van der Waals surface area (Å²) >= 11 is 1.28. The maximum Gasteiger partial charge on any atom is 0.206 e. The molecular formula is C19H16F3N3OS. The van der Waals surface area contributed by atoms with E-state index in [1.807, 2.05) is 0 Å². The van der Waals surface area contributed by atoms with Crippen molar-refractivity contribution in [3.05, 3.63) is 75.7 Å². The second-order valence-corrected chi connectivity index (χ2v) is 6.32. The van der Waals surface area contributed by atoms with Crippen molar-refractivity contribution in [3.63, 3.8) is 0 Å². The van der Waals surface area contributed by atoms with Crippen LogP contribution in [0.5, 0.6) is 0 Å². The average Bonchev–Trinajstić information content (AvgIpc) is 3.04. The Hall–Kier alpha value is -2.71. The van der Waals surface area contributed by atoms with Gasteiger partial charge in [-0.2, -0.15) is 5.10 Å². The van der Waals surface area contributed by atoms with Gasteiger partial charge in [0, 0.05) is 29.7 Å². The van der Waals surface area contributed by atoms with Crippen LogP contribution >= 0.6 is 11.3 Å². The summed E-state index contributed by atoms with van der Waals surface area (Å²) in [6, 6.07) is 9.49. The minimum absolute atomic E-state index is 0.109. The molecule has 0 bridgehead atoms. The van der Waals surface area contributed by atoms with Crippen molar-refractivity contribution in [1.82, 2.24) is 4.68 Å². The maximum atomic E-state index is 14.2. The normalized spacial score (nSPS) is 12.2. The van der Waals surface area contributed by atoms with Gasteiger partial charge in [-0.05, 0) is 24.3 Å². The number of ether oxygens (including phenoxy) is 1. The summed E-state index contributed by atoms with van der Waals surface area (Å²) < 4.78 is 47.6. The van der Waals surface area contributed by atoms with Gasteiger partial charge in [0.2, 0.25) is 4.80 Å². The van der Waals surface area contributed by atoms with E-state index in [4.69, 9.17) is 4.74 Å². The number of benzene rings is 2. The summed E-state index contributed by atoms with van der Waals surface area (Å²) in [5.74, 6) is -1.81. The lowest BCUT2D eigenvalue weighted by Crippen LogP contribution is -2.14. The highest BCUT2D eigenvalue weighted by Crippen LogP contribution is 2.23. The van der Waals surface area contributed by atoms with E-state index in [9.17, 15) is 13.2 Å². The SMILES string of the molecule is COCCN=c1scc(-c2ccccc2F)n1/N=C\c1ccc(F)cc1F. The van der Waals surface area contributed by atoms with Gasteiger partial charge in [0.05, 0.1) is 25.1 Å². The molecule has 0 fully saturated rings. The van der Waals surface area contributed by atoms with E-state index in [0.717, 1.165) is 12.1 Å². The number of hydrogen-bond donors (Lipinski definition) is 0. The Morgan fingerprint density at radius 1 is 1.11 bits per heavy atom. The fraction of sp³-hybridized carbons (Fsp3) is 0.158. The van der Waals surface area contributed by atoms with E-state index in [1.165, 1.54) is 34.4 Å². The summed E-state index contributed by atoms with van der Waals surface area (Å²) in [6.07, 6.45) is 1.25. The molecule has 3 aromatic rings. The number of nitrogens with zero attached hydrogens (tertiary/aromatic N) is 3. The molecule has 1 aromatic heterocycles. The summed E-state index contributed by atoms with van der Waals surface area (Å²) in [6.45, 7) is 0.817. The average molecular weight is 391 g/mol. The second-order valence-electron chi connectivity index (χ2n) is 5.48. The van der Waals surface area contributed by atoms with Crippen LogP contribution in [0.3, 0.4) is 0 Å². The van der Waals surface area contributed by atoms with Crippen molar-refractivity contribution >= 4 is 17.6 Å². The lowest BCUT2D eigenvalue weighted by atomic mass is 10.1. The third-order valence-electron chi connectivity index (χ3n) is 3.65. The van der Waals surface area contributed by atoms with E-state index < -0.39 is 17.5 Å². The Kier molecular flexibility index (Phi) is 6.20. The first-order valence-corrected chi connectivity index (χ1v) is 8.92. The fourth-order valence-corrected chi connectivity index (χ4v) is 3.19. The molecule has 3 rings (SSSR count). The van der Waals surface area contributed by atoms with Crippen molar-refractivity contribution < 1.29 is 17.9 Å². The molecule has 0 aliphatic carbocycles. The largest absolute Gasteiger partial charge is 0.383 e. The van der Waals surface area contributed by atoms with Crippen molar-refractivity contribution in [3.8, 4) is 11.3 Å². The number of thiazole rings is 1. The fourth-order valence-electron chi connectivity index (χ4n) is 2.33. The van der Waals surface area contributed by atoms with E-state index in [0.29, 0.717) is 29.2 Å².